The molecule has 0 amide bonds. The number of rotatable bonds is 4. The van der Waals surface area contributed by atoms with Gasteiger partial charge in [-0.25, -0.2) is 8.96 Å². The van der Waals surface area contributed by atoms with Gasteiger partial charge in [0.2, 0.25) is 5.69 Å². The van der Waals surface area contributed by atoms with Crippen LogP contribution in [-0.4, -0.2) is 0 Å². The number of aryl methyl sites for hydroxylation is 2. The molecule has 2 aromatic heterocycles. The van der Waals surface area contributed by atoms with Crippen LogP contribution in [0, 0.1) is 30.0 Å². The summed E-state index contributed by atoms with van der Waals surface area (Å²) in [5.41, 5.74) is 5.59. The molecule has 0 saturated heterocycles. The number of hydrogen-bond acceptors (Lipinski definition) is 2. The lowest BCUT2D eigenvalue weighted by Crippen LogP contribution is -2.32. The van der Waals surface area contributed by atoms with Gasteiger partial charge in [0.1, 0.15) is 24.0 Å². The Hall–Kier alpha value is -4.49. The molecule has 0 spiro atoms. The summed E-state index contributed by atoms with van der Waals surface area (Å²) in [6.07, 6.45) is -0.275. The molecular weight excluding hydrogens is 471 g/mol. The highest BCUT2D eigenvalue weighted by Crippen LogP contribution is 2.43. The van der Waals surface area contributed by atoms with E-state index in [0.29, 0.717) is 22.4 Å². The zero-order valence-corrected chi connectivity index (χ0v) is 21.8. The summed E-state index contributed by atoms with van der Waals surface area (Å²) in [7, 11) is 1.80. The molecular formula is C34H28FN2O+. The van der Waals surface area contributed by atoms with Gasteiger partial charge in [0.15, 0.2) is 6.20 Å². The molecule has 0 saturated carbocycles. The quantitative estimate of drug-likeness (QED) is 0.228. The van der Waals surface area contributed by atoms with Gasteiger partial charge in [-0.15, -0.1) is 0 Å². The minimum Gasteiger partial charge on any atom is -0.454 e. The molecule has 2 heterocycles. The van der Waals surface area contributed by atoms with E-state index in [1.165, 1.54) is 6.07 Å². The van der Waals surface area contributed by atoms with Crippen LogP contribution in [0.5, 0.6) is 0 Å². The molecule has 38 heavy (non-hydrogen) atoms. The number of nitriles is 1. The largest absolute Gasteiger partial charge is 0.454 e. The molecule has 0 bridgehead atoms. The van der Waals surface area contributed by atoms with Crippen molar-refractivity contribution in [2.75, 3.05) is 0 Å². The average molecular weight is 502 g/mol. The molecule has 4 aromatic carbocycles. The standard InChI is InChI=1S/C34H28FN2O/c1-20(2)16-24-19-37(4)30(17-29(24)35)31-21(3)12-14-27-28-15-13-23(18-36)32(34(28)38-33(27)31)26-11-7-9-22-8-5-6-10-25(22)26/h5-15,17,19-20H,16H2,1-4H3/q+1/i16D2. The highest BCUT2D eigenvalue weighted by Gasteiger charge is 2.25. The maximum atomic E-state index is 15.5. The SMILES string of the molecule is [2H]C([2H])(c1c[n+](C)c(-c2c(C)ccc3c2oc2c(-c4cccc5ccccc45)c(C#N)ccc23)cc1F)C(C)C. The lowest BCUT2D eigenvalue weighted by atomic mass is 9.93. The fourth-order valence-electron chi connectivity index (χ4n) is 5.41. The monoisotopic (exact) mass is 501 g/mol. The number of furan rings is 1. The van der Waals surface area contributed by atoms with E-state index in [4.69, 9.17) is 7.16 Å². The van der Waals surface area contributed by atoms with E-state index in [1.807, 2.05) is 73.7 Å². The van der Waals surface area contributed by atoms with Crippen LogP contribution >= 0.6 is 0 Å². The number of benzene rings is 4. The number of aromatic nitrogens is 1. The van der Waals surface area contributed by atoms with Crippen molar-refractivity contribution in [3.8, 4) is 28.5 Å². The Kier molecular flexibility index (Phi) is 5.18. The topological polar surface area (TPSA) is 40.8 Å². The third-order valence-corrected chi connectivity index (χ3v) is 7.12. The highest BCUT2D eigenvalue weighted by atomic mass is 19.1. The van der Waals surface area contributed by atoms with Crippen LogP contribution in [0.2, 0.25) is 0 Å². The molecule has 186 valence electrons. The Labute approximate surface area is 224 Å². The second-order valence-electron chi connectivity index (χ2n) is 10.1. The summed E-state index contributed by atoms with van der Waals surface area (Å²) in [5.74, 6) is -0.988. The summed E-state index contributed by atoms with van der Waals surface area (Å²) in [6.45, 7) is 5.44. The zero-order valence-electron chi connectivity index (χ0n) is 23.8. The Morgan fingerprint density at radius 3 is 2.42 bits per heavy atom. The van der Waals surface area contributed by atoms with Crippen LogP contribution in [0.4, 0.5) is 4.39 Å². The summed E-state index contributed by atoms with van der Waals surface area (Å²) in [4.78, 5) is 0. The molecule has 0 unspecified atom stereocenters. The predicted octanol–water partition coefficient (Wildman–Crippen LogP) is 8.42. The molecule has 6 rings (SSSR count). The summed E-state index contributed by atoms with van der Waals surface area (Å²) < 4.78 is 40.9. The van der Waals surface area contributed by atoms with Crippen LogP contribution in [-0.2, 0) is 13.4 Å². The van der Waals surface area contributed by atoms with E-state index in [1.54, 1.807) is 31.7 Å². The lowest BCUT2D eigenvalue weighted by Gasteiger charge is -2.09. The van der Waals surface area contributed by atoms with Crippen molar-refractivity contribution in [3.63, 3.8) is 0 Å². The van der Waals surface area contributed by atoms with E-state index < -0.39 is 18.1 Å². The van der Waals surface area contributed by atoms with Crippen LogP contribution in [0.25, 0.3) is 55.1 Å². The molecule has 0 N–H and O–H groups in total. The Morgan fingerprint density at radius 2 is 1.66 bits per heavy atom. The molecule has 0 aliphatic heterocycles. The molecule has 0 aliphatic rings. The molecule has 3 nitrogen and oxygen atoms in total. The molecule has 4 heteroatoms. The maximum absolute atomic E-state index is 15.5. The van der Waals surface area contributed by atoms with Crippen LogP contribution in [0.15, 0.2) is 83.4 Å². The van der Waals surface area contributed by atoms with Gasteiger partial charge in [-0.3, -0.25) is 0 Å². The summed E-state index contributed by atoms with van der Waals surface area (Å²) in [6, 6.07) is 25.6. The molecule has 0 atom stereocenters. The minimum absolute atomic E-state index is 0.0279. The van der Waals surface area contributed by atoms with Crippen molar-refractivity contribution in [1.82, 2.24) is 0 Å². The first kappa shape index (κ1) is 21.6. The Balaban J connectivity index is 1.68. The van der Waals surface area contributed by atoms with E-state index in [9.17, 15) is 5.26 Å². The highest BCUT2D eigenvalue weighted by molar-refractivity contribution is 6.15. The van der Waals surface area contributed by atoms with Crippen molar-refractivity contribution >= 4 is 32.7 Å². The first-order valence-corrected chi connectivity index (χ1v) is 12.7. The van der Waals surface area contributed by atoms with E-state index in [2.05, 4.69) is 6.07 Å². The predicted molar refractivity (Wildman–Crippen MR) is 151 cm³/mol. The minimum atomic E-state index is -1.82. The number of nitrogens with zero attached hydrogens (tertiary/aromatic N) is 2. The van der Waals surface area contributed by atoms with Gasteiger partial charge in [0.05, 0.1) is 22.8 Å². The first-order valence-electron chi connectivity index (χ1n) is 13.7. The second-order valence-corrected chi connectivity index (χ2v) is 10.1. The zero-order chi connectivity index (χ0) is 28.3. The van der Waals surface area contributed by atoms with Crippen molar-refractivity contribution in [3.05, 3.63) is 102 Å². The fourth-order valence-corrected chi connectivity index (χ4v) is 5.41. The average Bonchev–Trinajstić information content (AvgIpc) is 3.31. The van der Waals surface area contributed by atoms with Crippen LogP contribution in [0.3, 0.4) is 0 Å². The van der Waals surface area contributed by atoms with Crippen LogP contribution < -0.4 is 4.57 Å². The molecule has 0 radical (unpaired) electrons. The number of hydrogen-bond donors (Lipinski definition) is 0. The third kappa shape index (κ3) is 3.74. The van der Waals surface area contributed by atoms with Gasteiger partial charge in [0, 0.05) is 25.1 Å². The molecule has 0 fully saturated rings. The Bertz CT molecular complexity index is 2010. The number of halogens is 1. The van der Waals surface area contributed by atoms with Crippen LogP contribution in [0.1, 0.15) is 33.3 Å². The van der Waals surface area contributed by atoms with E-state index in [-0.39, 0.29) is 5.56 Å². The Morgan fingerprint density at radius 1 is 0.947 bits per heavy atom. The van der Waals surface area contributed by atoms with Gasteiger partial charge in [-0.05, 0) is 53.2 Å². The fraction of sp³-hybridized carbons (Fsp3) is 0.176. The third-order valence-electron chi connectivity index (χ3n) is 7.12. The number of pyridine rings is 1. The van der Waals surface area contributed by atoms with Gasteiger partial charge < -0.3 is 4.42 Å². The summed E-state index contributed by atoms with van der Waals surface area (Å²) in [5, 5.41) is 13.9. The van der Waals surface area contributed by atoms with Gasteiger partial charge in [0.25, 0.3) is 0 Å². The van der Waals surface area contributed by atoms with E-state index in [0.717, 1.165) is 43.8 Å². The normalized spacial score (nSPS) is 12.8. The van der Waals surface area contributed by atoms with Gasteiger partial charge in [-0.1, -0.05) is 68.4 Å². The van der Waals surface area contributed by atoms with Crippen molar-refractivity contribution in [2.24, 2.45) is 13.0 Å². The van der Waals surface area contributed by atoms with Crippen molar-refractivity contribution in [2.45, 2.75) is 27.1 Å². The maximum Gasteiger partial charge on any atom is 0.219 e. The molecule has 6 aromatic rings. The lowest BCUT2D eigenvalue weighted by molar-refractivity contribution is -0.661. The van der Waals surface area contributed by atoms with E-state index >= 15 is 4.39 Å². The number of fused-ring (bicyclic) bond motifs is 4. The second kappa shape index (κ2) is 9.11. The van der Waals surface area contributed by atoms with Crippen molar-refractivity contribution in [1.29, 1.82) is 5.26 Å². The van der Waals surface area contributed by atoms with Gasteiger partial charge in [-0.2, -0.15) is 5.26 Å². The molecule has 0 aliphatic carbocycles. The van der Waals surface area contributed by atoms with Crippen molar-refractivity contribution < 1.29 is 16.1 Å². The van der Waals surface area contributed by atoms with Gasteiger partial charge >= 0.3 is 0 Å². The smallest absolute Gasteiger partial charge is 0.219 e. The summed E-state index contributed by atoms with van der Waals surface area (Å²) >= 11 is 0. The first-order chi connectivity index (χ1) is 19.1.